The van der Waals surface area contributed by atoms with Gasteiger partial charge in [0.15, 0.2) is 0 Å². The van der Waals surface area contributed by atoms with Crippen molar-refractivity contribution in [1.29, 1.82) is 0 Å². The Bertz CT molecular complexity index is 828. The molecule has 1 amide bonds. The molecule has 0 saturated carbocycles. The summed E-state index contributed by atoms with van der Waals surface area (Å²) in [7, 11) is 0. The summed E-state index contributed by atoms with van der Waals surface area (Å²) in [5, 5.41) is 1.71. The van der Waals surface area contributed by atoms with Gasteiger partial charge in [0.05, 0.1) is 12.9 Å². The monoisotopic (exact) mass is 313 g/mol. The van der Waals surface area contributed by atoms with E-state index in [1.165, 1.54) is 4.57 Å². The van der Waals surface area contributed by atoms with Crippen molar-refractivity contribution >= 4 is 22.6 Å². The van der Waals surface area contributed by atoms with Gasteiger partial charge < -0.3 is 14.9 Å². The number of nitrogens with zero attached hydrogens (tertiary/aromatic N) is 3. The molecule has 0 aliphatic heterocycles. The molecular weight excluding hydrogens is 303 g/mol. The predicted octanol–water partition coefficient (Wildman–Crippen LogP) is 1.26. The van der Waals surface area contributed by atoms with Gasteiger partial charge in [0, 0.05) is 18.8 Å². The molecule has 0 bridgehead atoms. The van der Waals surface area contributed by atoms with Crippen molar-refractivity contribution in [3.8, 4) is 0 Å². The van der Waals surface area contributed by atoms with Crippen molar-refractivity contribution in [2.75, 3.05) is 6.54 Å². The van der Waals surface area contributed by atoms with Gasteiger partial charge in [-0.3, -0.25) is 9.59 Å². The van der Waals surface area contributed by atoms with Gasteiger partial charge in [0.1, 0.15) is 11.0 Å². The van der Waals surface area contributed by atoms with E-state index in [0.29, 0.717) is 5.69 Å². The lowest BCUT2D eigenvalue weighted by Gasteiger charge is -2.10. The standard InChI is InChI=1S/C12H10F3N5O2/c1-6-7(16-2)8-9(10(21)19-5-18-8)20(6)4-3-17-11(22)12(13,14)15/h5H,3-4H2,1H3,(H,17,22)(H,18,19,21). The van der Waals surface area contributed by atoms with Gasteiger partial charge in [-0.05, 0) is 6.92 Å². The number of rotatable bonds is 3. The zero-order valence-electron chi connectivity index (χ0n) is 11.3. The van der Waals surface area contributed by atoms with Crippen LogP contribution in [0.1, 0.15) is 5.69 Å². The molecule has 0 aliphatic carbocycles. The van der Waals surface area contributed by atoms with Gasteiger partial charge in [0.25, 0.3) is 5.56 Å². The van der Waals surface area contributed by atoms with Crippen molar-refractivity contribution in [2.45, 2.75) is 19.6 Å². The van der Waals surface area contributed by atoms with Crippen LogP contribution in [-0.4, -0.2) is 33.2 Å². The lowest BCUT2D eigenvalue weighted by atomic mass is 10.3. The number of hydrogen-bond acceptors (Lipinski definition) is 3. The third-order valence-corrected chi connectivity index (χ3v) is 3.06. The van der Waals surface area contributed by atoms with Gasteiger partial charge in [-0.2, -0.15) is 13.2 Å². The van der Waals surface area contributed by atoms with Crippen LogP contribution in [0.2, 0.25) is 0 Å². The first kappa shape index (κ1) is 15.6. The fourth-order valence-corrected chi connectivity index (χ4v) is 2.08. The molecule has 2 heterocycles. The summed E-state index contributed by atoms with van der Waals surface area (Å²) in [6.07, 6.45) is -3.82. The number of carbonyl (C=O) groups excluding carboxylic acids is 1. The van der Waals surface area contributed by atoms with Gasteiger partial charge >= 0.3 is 12.1 Å². The van der Waals surface area contributed by atoms with Crippen LogP contribution < -0.4 is 10.9 Å². The van der Waals surface area contributed by atoms with E-state index in [4.69, 9.17) is 6.57 Å². The number of H-pyrrole nitrogens is 1. The molecule has 116 valence electrons. The molecule has 0 unspecified atom stereocenters. The number of fused-ring (bicyclic) bond motifs is 1. The highest BCUT2D eigenvalue weighted by molar-refractivity contribution is 5.91. The van der Waals surface area contributed by atoms with E-state index in [2.05, 4.69) is 14.8 Å². The molecule has 2 rings (SSSR count). The number of aromatic nitrogens is 3. The summed E-state index contributed by atoms with van der Waals surface area (Å²) in [6.45, 7) is 8.25. The summed E-state index contributed by atoms with van der Waals surface area (Å²) >= 11 is 0. The number of nitrogens with one attached hydrogen (secondary N) is 2. The number of amides is 1. The molecule has 10 heteroatoms. The van der Waals surface area contributed by atoms with Crippen LogP contribution in [0, 0.1) is 13.5 Å². The third-order valence-electron chi connectivity index (χ3n) is 3.06. The molecule has 0 atom stereocenters. The Morgan fingerprint density at radius 1 is 1.55 bits per heavy atom. The van der Waals surface area contributed by atoms with E-state index < -0.39 is 17.6 Å². The average Bonchev–Trinajstić information content (AvgIpc) is 2.71. The average molecular weight is 313 g/mol. The van der Waals surface area contributed by atoms with E-state index >= 15 is 0 Å². The van der Waals surface area contributed by atoms with Crippen molar-refractivity contribution in [3.05, 3.63) is 33.8 Å². The minimum atomic E-state index is -4.96. The summed E-state index contributed by atoms with van der Waals surface area (Å²) in [5.74, 6) is -2.06. The minimum absolute atomic E-state index is 0.0888. The Hall–Kier alpha value is -2.83. The molecule has 0 aliphatic rings. The molecule has 0 saturated heterocycles. The predicted molar refractivity (Wildman–Crippen MR) is 70.4 cm³/mol. The normalized spacial score (nSPS) is 11.4. The molecule has 0 fully saturated rings. The fourth-order valence-electron chi connectivity index (χ4n) is 2.08. The highest BCUT2D eigenvalue weighted by Gasteiger charge is 2.38. The Balaban J connectivity index is 2.33. The zero-order chi connectivity index (χ0) is 16.5. The first-order chi connectivity index (χ1) is 10.3. The molecule has 2 aromatic heterocycles. The lowest BCUT2D eigenvalue weighted by molar-refractivity contribution is -0.173. The largest absolute Gasteiger partial charge is 0.471 e. The van der Waals surface area contributed by atoms with Gasteiger partial charge in [-0.25, -0.2) is 9.83 Å². The highest BCUT2D eigenvalue weighted by Crippen LogP contribution is 2.29. The van der Waals surface area contributed by atoms with E-state index in [0.717, 1.165) is 6.33 Å². The maximum absolute atomic E-state index is 12.1. The number of hydrogen-bond donors (Lipinski definition) is 2. The molecule has 7 nitrogen and oxygen atoms in total. The Morgan fingerprint density at radius 2 is 2.23 bits per heavy atom. The Labute approximate surface area is 121 Å². The van der Waals surface area contributed by atoms with Crippen molar-refractivity contribution in [1.82, 2.24) is 19.9 Å². The smallest absolute Gasteiger partial charge is 0.348 e. The molecule has 22 heavy (non-hydrogen) atoms. The lowest BCUT2D eigenvalue weighted by Crippen LogP contribution is -2.38. The van der Waals surface area contributed by atoms with E-state index in [1.54, 1.807) is 12.2 Å². The first-order valence-corrected chi connectivity index (χ1v) is 6.06. The first-order valence-electron chi connectivity index (χ1n) is 6.06. The van der Waals surface area contributed by atoms with Gasteiger partial charge in [-0.15, -0.1) is 0 Å². The van der Waals surface area contributed by atoms with Crippen molar-refractivity contribution in [3.63, 3.8) is 0 Å². The van der Waals surface area contributed by atoms with Crippen LogP contribution >= 0.6 is 0 Å². The van der Waals surface area contributed by atoms with Crippen LogP contribution in [0.15, 0.2) is 11.1 Å². The number of halogens is 3. The van der Waals surface area contributed by atoms with E-state index in [1.807, 2.05) is 0 Å². The second-order valence-electron chi connectivity index (χ2n) is 4.38. The SMILES string of the molecule is [C-]#[N+]c1c(C)n(CCNC(=O)C(F)(F)F)c2c(=O)[nH]cnc12. The number of carbonyl (C=O) groups is 1. The molecule has 2 aromatic rings. The zero-order valence-corrected chi connectivity index (χ0v) is 11.3. The Kier molecular flexibility index (Phi) is 3.90. The minimum Gasteiger partial charge on any atom is -0.348 e. The summed E-state index contributed by atoms with van der Waals surface area (Å²) in [4.78, 5) is 32.2. The quantitative estimate of drug-likeness (QED) is 0.837. The van der Waals surface area contributed by atoms with Gasteiger partial charge in [0.2, 0.25) is 5.69 Å². The summed E-state index contributed by atoms with van der Waals surface area (Å²) in [5.41, 5.74) is 0.314. The second-order valence-corrected chi connectivity index (χ2v) is 4.38. The van der Waals surface area contributed by atoms with Crippen LogP contribution in [-0.2, 0) is 11.3 Å². The highest BCUT2D eigenvalue weighted by atomic mass is 19.4. The molecule has 0 radical (unpaired) electrons. The summed E-state index contributed by atoms with van der Waals surface area (Å²) in [6, 6.07) is 0. The van der Waals surface area contributed by atoms with Crippen LogP contribution in [0.5, 0.6) is 0 Å². The van der Waals surface area contributed by atoms with Crippen LogP contribution in [0.3, 0.4) is 0 Å². The number of alkyl halides is 3. The maximum atomic E-state index is 12.1. The molecule has 2 N–H and O–H groups in total. The molecule has 0 spiro atoms. The topological polar surface area (TPSA) is 84.1 Å². The Morgan fingerprint density at radius 3 is 2.82 bits per heavy atom. The van der Waals surface area contributed by atoms with Crippen LogP contribution in [0.25, 0.3) is 15.9 Å². The number of aromatic amines is 1. The summed E-state index contributed by atoms with van der Waals surface area (Å²) < 4.78 is 37.7. The maximum Gasteiger partial charge on any atom is 0.471 e. The van der Waals surface area contributed by atoms with Crippen molar-refractivity contribution < 1.29 is 18.0 Å². The van der Waals surface area contributed by atoms with Crippen molar-refractivity contribution in [2.24, 2.45) is 0 Å². The van der Waals surface area contributed by atoms with Crippen LogP contribution in [0.4, 0.5) is 18.9 Å². The van der Waals surface area contributed by atoms with E-state index in [9.17, 15) is 22.8 Å². The molecule has 0 aromatic carbocycles. The third kappa shape index (κ3) is 2.65. The van der Waals surface area contributed by atoms with E-state index in [-0.39, 0.29) is 29.8 Å². The van der Waals surface area contributed by atoms with Gasteiger partial charge in [-0.1, -0.05) is 0 Å². The fraction of sp³-hybridized carbons (Fsp3) is 0.333. The molecular formula is C12H10F3N5O2. The second kappa shape index (κ2) is 5.51.